The van der Waals surface area contributed by atoms with E-state index in [1.807, 2.05) is 6.92 Å². The zero-order valence-corrected chi connectivity index (χ0v) is 14.7. The molecule has 0 aromatic heterocycles. The molecular formula is C17H38O5. The highest BCUT2D eigenvalue weighted by atomic mass is 16.4. The number of hydrogen-bond acceptors (Lipinski definition) is 5. The highest BCUT2D eigenvalue weighted by Crippen LogP contribution is 2.23. The molecule has 0 radical (unpaired) electrons. The third-order valence-corrected chi connectivity index (χ3v) is 3.97. The Morgan fingerprint density at radius 1 is 0.818 bits per heavy atom. The predicted octanol–water partition coefficient (Wildman–Crippen LogP) is 1.98. The van der Waals surface area contributed by atoms with Crippen molar-refractivity contribution in [3.63, 3.8) is 0 Å². The molecule has 5 N–H and O–H groups in total. The van der Waals surface area contributed by atoms with E-state index in [-0.39, 0.29) is 13.2 Å². The molecule has 22 heavy (non-hydrogen) atoms. The van der Waals surface area contributed by atoms with E-state index in [1.54, 1.807) is 0 Å². The lowest BCUT2D eigenvalue weighted by Gasteiger charge is -2.31. The molecule has 0 aliphatic carbocycles. The summed E-state index contributed by atoms with van der Waals surface area (Å²) in [4.78, 5) is 0. The molecule has 0 spiro atoms. The van der Waals surface area contributed by atoms with Crippen LogP contribution in [0.1, 0.15) is 78.6 Å². The highest BCUT2D eigenvalue weighted by molar-refractivity contribution is 4.84. The minimum absolute atomic E-state index is 0.0972. The van der Waals surface area contributed by atoms with E-state index in [4.69, 9.17) is 15.3 Å². The van der Waals surface area contributed by atoms with Gasteiger partial charge in [0.2, 0.25) is 0 Å². The Morgan fingerprint density at radius 2 is 1.41 bits per heavy atom. The molecule has 0 aliphatic rings. The molecule has 5 heteroatoms. The lowest BCUT2D eigenvalue weighted by Crippen LogP contribution is -2.43. The molecule has 0 fully saturated rings. The zero-order chi connectivity index (χ0) is 17.4. The van der Waals surface area contributed by atoms with Crippen molar-refractivity contribution >= 4 is 0 Å². The van der Waals surface area contributed by atoms with Gasteiger partial charge in [-0.05, 0) is 19.3 Å². The topological polar surface area (TPSA) is 101 Å². The molecule has 0 aromatic rings. The summed E-state index contributed by atoms with van der Waals surface area (Å²) in [5.41, 5.74) is -1.09. The summed E-state index contributed by atoms with van der Waals surface area (Å²) in [5, 5.41) is 45.3. The third-order valence-electron chi connectivity index (χ3n) is 3.97. The van der Waals surface area contributed by atoms with Gasteiger partial charge >= 0.3 is 0 Å². The fourth-order valence-electron chi connectivity index (χ4n) is 2.14. The van der Waals surface area contributed by atoms with Gasteiger partial charge in [-0.15, -0.1) is 0 Å². The van der Waals surface area contributed by atoms with Gasteiger partial charge in [-0.1, -0.05) is 59.3 Å². The Balaban J connectivity index is 0. The van der Waals surface area contributed by atoms with Crippen molar-refractivity contribution in [3.8, 4) is 0 Å². The monoisotopic (exact) mass is 322 g/mol. The Hall–Kier alpha value is -0.200. The van der Waals surface area contributed by atoms with Gasteiger partial charge in [-0.3, -0.25) is 0 Å². The normalized spacial score (nSPS) is 16.4. The zero-order valence-electron chi connectivity index (χ0n) is 14.7. The summed E-state index contributed by atoms with van der Waals surface area (Å²) in [6, 6.07) is 0. The van der Waals surface area contributed by atoms with Gasteiger partial charge in [0.1, 0.15) is 6.10 Å². The minimum atomic E-state index is -1.09. The van der Waals surface area contributed by atoms with E-state index in [0.717, 1.165) is 44.9 Å². The molecule has 3 atom stereocenters. The van der Waals surface area contributed by atoms with Gasteiger partial charge in [0, 0.05) is 0 Å². The van der Waals surface area contributed by atoms with Gasteiger partial charge in [-0.2, -0.15) is 0 Å². The van der Waals surface area contributed by atoms with Crippen LogP contribution in [-0.2, 0) is 0 Å². The summed E-state index contributed by atoms with van der Waals surface area (Å²) in [5.74, 6) is 0. The van der Waals surface area contributed by atoms with Crippen LogP contribution in [0, 0.1) is 0 Å². The van der Waals surface area contributed by atoms with E-state index in [0.29, 0.717) is 12.8 Å². The van der Waals surface area contributed by atoms with E-state index in [1.165, 1.54) is 0 Å². The average molecular weight is 322 g/mol. The molecular weight excluding hydrogens is 284 g/mol. The molecule has 0 heterocycles. The number of unbranched alkanes of at least 4 members (excludes halogenated alkanes) is 4. The standard InChI is InChI=1S/C11H24O3.C6H14O2/c1-3-5-6-7-8-11(14,4-2)10(13)9-12;1-2-3-4-6(8)5-7/h10,12-14H,3-9H2,1-2H3;6-8H,2-5H2,1H3. The van der Waals surface area contributed by atoms with E-state index >= 15 is 0 Å². The third kappa shape index (κ3) is 12.4. The maximum absolute atomic E-state index is 9.98. The van der Waals surface area contributed by atoms with Crippen molar-refractivity contribution in [1.29, 1.82) is 0 Å². The summed E-state index contributed by atoms with van der Waals surface area (Å²) in [6.07, 6.45) is 6.69. The van der Waals surface area contributed by atoms with Crippen LogP contribution < -0.4 is 0 Å². The van der Waals surface area contributed by atoms with Crippen LogP contribution in [0.2, 0.25) is 0 Å². The van der Waals surface area contributed by atoms with Crippen LogP contribution in [0.4, 0.5) is 0 Å². The molecule has 0 saturated carbocycles. The molecule has 0 bridgehead atoms. The molecule has 0 aromatic carbocycles. The maximum Gasteiger partial charge on any atom is 0.106 e. The van der Waals surface area contributed by atoms with E-state index < -0.39 is 17.8 Å². The van der Waals surface area contributed by atoms with Crippen molar-refractivity contribution < 1.29 is 25.5 Å². The minimum Gasteiger partial charge on any atom is -0.394 e. The van der Waals surface area contributed by atoms with Crippen molar-refractivity contribution in [3.05, 3.63) is 0 Å². The first-order valence-electron chi connectivity index (χ1n) is 8.71. The van der Waals surface area contributed by atoms with Crippen molar-refractivity contribution in [2.45, 2.75) is 96.4 Å². The molecule has 136 valence electrons. The molecule has 0 saturated heterocycles. The fourth-order valence-corrected chi connectivity index (χ4v) is 2.14. The lowest BCUT2D eigenvalue weighted by molar-refractivity contribution is -0.102. The first-order valence-corrected chi connectivity index (χ1v) is 8.71. The van der Waals surface area contributed by atoms with E-state index in [2.05, 4.69) is 13.8 Å². The molecule has 3 unspecified atom stereocenters. The van der Waals surface area contributed by atoms with Crippen LogP contribution >= 0.6 is 0 Å². The second-order valence-electron chi connectivity index (χ2n) is 5.94. The van der Waals surface area contributed by atoms with E-state index in [9.17, 15) is 10.2 Å². The second-order valence-corrected chi connectivity index (χ2v) is 5.94. The van der Waals surface area contributed by atoms with Crippen LogP contribution in [0.3, 0.4) is 0 Å². The van der Waals surface area contributed by atoms with Gasteiger partial charge in [0.25, 0.3) is 0 Å². The summed E-state index contributed by atoms with van der Waals surface area (Å²) < 4.78 is 0. The van der Waals surface area contributed by atoms with Crippen LogP contribution in [0.25, 0.3) is 0 Å². The number of rotatable bonds is 12. The smallest absolute Gasteiger partial charge is 0.106 e. The molecule has 0 amide bonds. The average Bonchev–Trinajstić information content (AvgIpc) is 2.55. The summed E-state index contributed by atoms with van der Waals surface area (Å²) in [7, 11) is 0. The van der Waals surface area contributed by atoms with Crippen LogP contribution in [0.15, 0.2) is 0 Å². The number of aliphatic hydroxyl groups excluding tert-OH is 4. The van der Waals surface area contributed by atoms with Crippen LogP contribution in [-0.4, -0.2) is 56.6 Å². The van der Waals surface area contributed by atoms with Crippen molar-refractivity contribution in [2.24, 2.45) is 0 Å². The number of hydrogen-bond donors (Lipinski definition) is 5. The highest BCUT2D eigenvalue weighted by Gasteiger charge is 2.32. The first-order chi connectivity index (χ1) is 10.4. The van der Waals surface area contributed by atoms with Gasteiger partial charge in [0.05, 0.1) is 24.9 Å². The molecule has 0 aliphatic heterocycles. The second kappa shape index (κ2) is 15.7. The quantitative estimate of drug-likeness (QED) is 0.354. The molecule has 5 nitrogen and oxygen atoms in total. The maximum atomic E-state index is 9.98. The summed E-state index contributed by atoms with van der Waals surface area (Å²) >= 11 is 0. The Kier molecular flexibility index (Phi) is 17.2. The van der Waals surface area contributed by atoms with Crippen LogP contribution in [0.5, 0.6) is 0 Å². The van der Waals surface area contributed by atoms with Gasteiger partial charge in [-0.25, -0.2) is 0 Å². The predicted molar refractivity (Wildman–Crippen MR) is 89.7 cm³/mol. The van der Waals surface area contributed by atoms with Gasteiger partial charge < -0.3 is 25.5 Å². The molecule has 0 rings (SSSR count). The number of aliphatic hydroxyl groups is 5. The SMILES string of the molecule is CCCCC(O)CO.CCCCCCC(O)(CC)C(O)CO. The van der Waals surface area contributed by atoms with Gasteiger partial charge in [0.15, 0.2) is 0 Å². The largest absolute Gasteiger partial charge is 0.394 e. The lowest BCUT2D eigenvalue weighted by atomic mass is 9.88. The fraction of sp³-hybridized carbons (Fsp3) is 1.00. The Labute approximate surface area is 136 Å². The summed E-state index contributed by atoms with van der Waals surface area (Å²) in [6.45, 7) is 5.56. The Morgan fingerprint density at radius 3 is 1.82 bits per heavy atom. The van der Waals surface area contributed by atoms with Crippen molar-refractivity contribution in [2.75, 3.05) is 13.2 Å². The Bertz CT molecular complexity index is 225. The first kappa shape index (κ1) is 24.1. The van der Waals surface area contributed by atoms with Crippen molar-refractivity contribution in [1.82, 2.24) is 0 Å².